The van der Waals surface area contributed by atoms with Crippen molar-refractivity contribution >= 4 is 11.9 Å². The summed E-state index contributed by atoms with van der Waals surface area (Å²) in [6.45, 7) is 1.93. The van der Waals surface area contributed by atoms with Crippen molar-refractivity contribution in [3.05, 3.63) is 70.3 Å². The number of carboxylic acids is 2. The predicted octanol–water partition coefficient (Wildman–Crippen LogP) is 3.24. The van der Waals surface area contributed by atoms with E-state index >= 15 is 0 Å². The number of aromatic carboxylic acids is 2. The molecule has 4 heteroatoms. The van der Waals surface area contributed by atoms with Gasteiger partial charge in [0.2, 0.25) is 0 Å². The molecule has 0 radical (unpaired) electrons. The Hall–Kier alpha value is -2.62. The van der Waals surface area contributed by atoms with Crippen molar-refractivity contribution in [1.82, 2.24) is 0 Å². The molecule has 0 bridgehead atoms. The van der Waals surface area contributed by atoms with Crippen LogP contribution in [-0.4, -0.2) is 22.2 Å². The van der Waals surface area contributed by atoms with E-state index in [1.807, 2.05) is 37.3 Å². The standard InChI is InChI=1S/C17H16O4/c1-2-12-8-9-13(16(18)19)15(17(20)21)14(12)10-11-6-4-3-5-7-11/h3-9H,2,10H2,1H3,(H,18,19)(H,20,21). The maximum absolute atomic E-state index is 11.5. The molecule has 108 valence electrons. The minimum atomic E-state index is -1.22. The van der Waals surface area contributed by atoms with Crippen molar-refractivity contribution in [2.75, 3.05) is 0 Å². The Kier molecular flexibility index (Phi) is 4.38. The fourth-order valence-electron chi connectivity index (χ4n) is 2.45. The van der Waals surface area contributed by atoms with E-state index in [4.69, 9.17) is 0 Å². The van der Waals surface area contributed by atoms with Gasteiger partial charge >= 0.3 is 11.9 Å². The SMILES string of the molecule is CCc1ccc(C(=O)O)c(C(=O)O)c1Cc1ccccc1. The van der Waals surface area contributed by atoms with Gasteiger partial charge in [-0.3, -0.25) is 0 Å². The van der Waals surface area contributed by atoms with Crippen LogP contribution in [0, 0.1) is 0 Å². The molecular weight excluding hydrogens is 268 g/mol. The molecule has 2 aromatic carbocycles. The number of rotatable bonds is 5. The zero-order valence-corrected chi connectivity index (χ0v) is 11.7. The minimum absolute atomic E-state index is 0.106. The summed E-state index contributed by atoms with van der Waals surface area (Å²) in [6, 6.07) is 12.5. The molecule has 4 nitrogen and oxygen atoms in total. The second-order valence-electron chi connectivity index (χ2n) is 4.75. The lowest BCUT2D eigenvalue weighted by atomic mass is 9.90. The summed E-state index contributed by atoms with van der Waals surface area (Å²) in [7, 11) is 0. The van der Waals surface area contributed by atoms with E-state index in [2.05, 4.69) is 0 Å². The summed E-state index contributed by atoms with van der Waals surface area (Å²) in [5.41, 5.74) is 2.13. The van der Waals surface area contributed by atoms with E-state index in [0.717, 1.165) is 11.1 Å². The summed E-state index contributed by atoms with van der Waals surface area (Å²) in [4.78, 5) is 22.8. The largest absolute Gasteiger partial charge is 0.478 e. The normalized spacial score (nSPS) is 10.3. The third kappa shape index (κ3) is 3.11. The van der Waals surface area contributed by atoms with Crippen LogP contribution in [0.4, 0.5) is 0 Å². The van der Waals surface area contributed by atoms with Crippen LogP contribution in [0.5, 0.6) is 0 Å². The maximum Gasteiger partial charge on any atom is 0.336 e. The van der Waals surface area contributed by atoms with Crippen LogP contribution in [-0.2, 0) is 12.8 Å². The Morgan fingerprint density at radius 2 is 1.62 bits per heavy atom. The average molecular weight is 284 g/mol. The van der Waals surface area contributed by atoms with Crippen LogP contribution < -0.4 is 0 Å². The predicted molar refractivity (Wildman–Crippen MR) is 79.0 cm³/mol. The molecule has 0 aliphatic rings. The second kappa shape index (κ2) is 6.22. The lowest BCUT2D eigenvalue weighted by Gasteiger charge is -2.14. The number of carbonyl (C=O) groups is 2. The van der Waals surface area contributed by atoms with Crippen LogP contribution in [0.25, 0.3) is 0 Å². The molecule has 0 heterocycles. The first-order chi connectivity index (χ1) is 10.0. The third-order valence-electron chi connectivity index (χ3n) is 3.46. The number of hydrogen-bond donors (Lipinski definition) is 2. The summed E-state index contributed by atoms with van der Waals surface area (Å²) >= 11 is 0. The monoisotopic (exact) mass is 284 g/mol. The molecule has 0 aliphatic carbocycles. The van der Waals surface area contributed by atoms with Crippen LogP contribution >= 0.6 is 0 Å². The Morgan fingerprint density at radius 3 is 2.14 bits per heavy atom. The highest BCUT2D eigenvalue weighted by Gasteiger charge is 2.22. The molecule has 0 aliphatic heterocycles. The quantitative estimate of drug-likeness (QED) is 0.884. The van der Waals surface area contributed by atoms with Gasteiger partial charge in [-0.25, -0.2) is 9.59 Å². The molecule has 0 fully saturated rings. The first kappa shape index (κ1) is 14.8. The number of hydrogen-bond acceptors (Lipinski definition) is 2. The lowest BCUT2D eigenvalue weighted by Crippen LogP contribution is -2.14. The average Bonchev–Trinajstić information content (AvgIpc) is 2.47. The van der Waals surface area contributed by atoms with Crippen LogP contribution in [0.15, 0.2) is 42.5 Å². The number of carboxylic acid groups (broad SMARTS) is 2. The van der Waals surface area contributed by atoms with Gasteiger partial charge in [0.25, 0.3) is 0 Å². The Balaban J connectivity index is 2.63. The van der Waals surface area contributed by atoms with Gasteiger partial charge in [0.05, 0.1) is 11.1 Å². The van der Waals surface area contributed by atoms with Crippen LogP contribution in [0.3, 0.4) is 0 Å². The van der Waals surface area contributed by atoms with Crippen LogP contribution in [0.1, 0.15) is 44.3 Å². The van der Waals surface area contributed by atoms with Gasteiger partial charge in [0, 0.05) is 0 Å². The molecule has 0 atom stereocenters. The zero-order valence-electron chi connectivity index (χ0n) is 11.7. The molecule has 0 saturated carbocycles. The van der Waals surface area contributed by atoms with E-state index in [0.29, 0.717) is 18.4 Å². The molecule has 0 amide bonds. The molecule has 2 aromatic rings. The van der Waals surface area contributed by atoms with Gasteiger partial charge in [-0.2, -0.15) is 0 Å². The molecule has 21 heavy (non-hydrogen) atoms. The van der Waals surface area contributed by atoms with E-state index in [1.54, 1.807) is 6.07 Å². The smallest absolute Gasteiger partial charge is 0.336 e. The van der Waals surface area contributed by atoms with Gasteiger partial charge in [0.1, 0.15) is 0 Å². The van der Waals surface area contributed by atoms with Crippen molar-refractivity contribution < 1.29 is 19.8 Å². The molecule has 0 aromatic heterocycles. The van der Waals surface area contributed by atoms with E-state index in [1.165, 1.54) is 6.07 Å². The van der Waals surface area contributed by atoms with Crippen molar-refractivity contribution in [3.63, 3.8) is 0 Å². The fourth-order valence-corrected chi connectivity index (χ4v) is 2.45. The highest BCUT2D eigenvalue weighted by Crippen LogP contribution is 2.24. The number of benzene rings is 2. The summed E-state index contributed by atoms with van der Waals surface area (Å²) in [6.07, 6.45) is 1.06. The van der Waals surface area contributed by atoms with Gasteiger partial charge in [-0.15, -0.1) is 0 Å². The summed E-state index contributed by atoms with van der Waals surface area (Å²) in [5.74, 6) is -2.42. The van der Waals surface area contributed by atoms with Gasteiger partial charge in [-0.1, -0.05) is 43.3 Å². The van der Waals surface area contributed by atoms with Crippen molar-refractivity contribution in [3.8, 4) is 0 Å². The van der Waals surface area contributed by atoms with E-state index in [9.17, 15) is 19.8 Å². The topological polar surface area (TPSA) is 74.6 Å². The summed E-state index contributed by atoms with van der Waals surface area (Å²) in [5, 5.41) is 18.6. The summed E-state index contributed by atoms with van der Waals surface area (Å²) < 4.78 is 0. The molecule has 0 saturated heterocycles. The van der Waals surface area contributed by atoms with Gasteiger partial charge in [-0.05, 0) is 35.6 Å². The van der Waals surface area contributed by atoms with Crippen molar-refractivity contribution in [2.24, 2.45) is 0 Å². The molecule has 0 spiro atoms. The molecular formula is C17H16O4. The zero-order chi connectivity index (χ0) is 15.4. The molecule has 2 N–H and O–H groups in total. The highest BCUT2D eigenvalue weighted by molar-refractivity contribution is 6.03. The number of aryl methyl sites for hydroxylation is 1. The van der Waals surface area contributed by atoms with Crippen molar-refractivity contribution in [1.29, 1.82) is 0 Å². The highest BCUT2D eigenvalue weighted by atomic mass is 16.4. The maximum atomic E-state index is 11.5. The van der Waals surface area contributed by atoms with Crippen LogP contribution in [0.2, 0.25) is 0 Å². The molecule has 2 rings (SSSR count). The van der Waals surface area contributed by atoms with Gasteiger partial charge in [0.15, 0.2) is 0 Å². The van der Waals surface area contributed by atoms with Gasteiger partial charge < -0.3 is 10.2 Å². The Morgan fingerprint density at radius 1 is 0.952 bits per heavy atom. The Labute approximate surface area is 122 Å². The van der Waals surface area contributed by atoms with Crippen molar-refractivity contribution in [2.45, 2.75) is 19.8 Å². The first-order valence-electron chi connectivity index (χ1n) is 6.69. The minimum Gasteiger partial charge on any atom is -0.478 e. The third-order valence-corrected chi connectivity index (χ3v) is 3.46. The lowest BCUT2D eigenvalue weighted by molar-refractivity contribution is 0.0650. The second-order valence-corrected chi connectivity index (χ2v) is 4.75. The molecule has 0 unspecified atom stereocenters. The first-order valence-corrected chi connectivity index (χ1v) is 6.69. The fraction of sp³-hybridized carbons (Fsp3) is 0.176. The Bertz CT molecular complexity index is 675. The van der Waals surface area contributed by atoms with E-state index < -0.39 is 11.9 Å². The van der Waals surface area contributed by atoms with E-state index in [-0.39, 0.29) is 11.1 Å².